The quantitative estimate of drug-likeness (QED) is 0.290. The predicted octanol–water partition coefficient (Wildman–Crippen LogP) is 2.34. The number of likely N-dealkylation sites (N-methyl/N-ethyl adjacent to an activating group) is 1. The van der Waals surface area contributed by atoms with E-state index in [4.69, 9.17) is 15.5 Å². The third-order valence-electron chi connectivity index (χ3n) is 7.48. The van der Waals surface area contributed by atoms with Gasteiger partial charge in [-0.25, -0.2) is 19.6 Å². The number of amides is 1. The van der Waals surface area contributed by atoms with Gasteiger partial charge in [-0.05, 0) is 61.6 Å². The topological polar surface area (TPSA) is 149 Å². The average molecular weight is 577 g/mol. The number of nitrogens with one attached hydrogen (secondary N) is 1. The number of piperazine rings is 1. The number of hydrogen-bond acceptors (Lipinski definition) is 10. The maximum Gasteiger partial charge on any atom is 0.284 e. The van der Waals surface area contributed by atoms with Crippen molar-refractivity contribution < 1.29 is 9.53 Å². The summed E-state index contributed by atoms with van der Waals surface area (Å²) in [5.41, 5.74) is 8.14. The summed E-state index contributed by atoms with van der Waals surface area (Å²) in [6.07, 6.45) is 3.13. The molecule has 0 unspecified atom stereocenters. The Bertz CT molecular complexity index is 2030. The summed E-state index contributed by atoms with van der Waals surface area (Å²) in [7, 11) is 2.14. The van der Waals surface area contributed by atoms with E-state index in [0.29, 0.717) is 34.1 Å². The Balaban J connectivity index is 1.29. The van der Waals surface area contributed by atoms with Gasteiger partial charge in [0, 0.05) is 55.3 Å². The molecular weight excluding hydrogens is 548 g/mol. The normalized spacial score (nSPS) is 14.0. The Morgan fingerprint density at radius 2 is 1.79 bits per heavy atom. The Hall–Kier alpha value is -5.56. The number of carbonyl (C=O) groups excluding carboxylic acids is 1. The second-order valence-corrected chi connectivity index (χ2v) is 10.4. The Morgan fingerprint density at radius 1 is 0.977 bits per heavy atom. The number of primary amides is 1. The van der Waals surface area contributed by atoms with Crippen LogP contribution in [0.5, 0.6) is 5.75 Å². The van der Waals surface area contributed by atoms with Crippen molar-refractivity contribution in [2.45, 2.75) is 0 Å². The van der Waals surface area contributed by atoms with Crippen LogP contribution in [0.25, 0.3) is 33.4 Å². The molecule has 1 aliphatic rings. The predicted molar refractivity (Wildman–Crippen MR) is 163 cm³/mol. The second kappa shape index (κ2) is 10.7. The minimum Gasteiger partial charge on any atom is -0.484 e. The maximum absolute atomic E-state index is 13.9. The van der Waals surface area contributed by atoms with Crippen molar-refractivity contribution in [1.82, 2.24) is 34.0 Å². The average Bonchev–Trinajstić information content (AvgIpc) is 3.35. The fourth-order valence-corrected chi connectivity index (χ4v) is 5.27. The molecule has 1 amide bonds. The number of rotatable bonds is 7. The van der Waals surface area contributed by atoms with Gasteiger partial charge in [0.25, 0.3) is 11.5 Å². The summed E-state index contributed by atoms with van der Waals surface area (Å²) >= 11 is 0. The largest absolute Gasteiger partial charge is 0.484 e. The van der Waals surface area contributed by atoms with E-state index in [-0.39, 0.29) is 23.2 Å². The lowest BCUT2D eigenvalue weighted by atomic mass is 10.2. The van der Waals surface area contributed by atoms with Crippen molar-refractivity contribution in [3.8, 4) is 11.6 Å². The number of hydrogen-bond donors (Lipinski definition) is 2. The van der Waals surface area contributed by atoms with Crippen LogP contribution in [0, 0.1) is 0 Å². The highest BCUT2D eigenvalue weighted by Gasteiger charge is 2.20. The number of benzene rings is 2. The zero-order chi connectivity index (χ0) is 29.5. The standard InChI is InChI=1S/C30H28N10O3/c1-37-12-14-38(15-13-37)20-7-5-19(6-8-20)34-30-33-17-23-27(36-30)35-28-22-16-21(43-18-25(31)41)9-10-24(22)39(40(28)29(23)42)26-4-2-3-11-32-26/h2-11,16-17H,12-15,18H2,1H3,(H2,31,41)(H,33,34,36). The monoisotopic (exact) mass is 576 g/mol. The van der Waals surface area contributed by atoms with Gasteiger partial charge in [0.15, 0.2) is 23.7 Å². The molecule has 1 fully saturated rings. The summed E-state index contributed by atoms with van der Waals surface area (Å²) in [5, 5.41) is 4.09. The molecule has 0 atom stereocenters. The van der Waals surface area contributed by atoms with Crippen LogP contribution in [-0.4, -0.2) is 79.8 Å². The minimum atomic E-state index is -0.595. The number of pyridine rings is 1. The molecule has 0 spiro atoms. The summed E-state index contributed by atoms with van der Waals surface area (Å²) in [6, 6.07) is 18.8. The molecule has 13 nitrogen and oxygen atoms in total. The fourth-order valence-electron chi connectivity index (χ4n) is 5.27. The van der Waals surface area contributed by atoms with Crippen molar-refractivity contribution >= 4 is 50.8 Å². The molecule has 4 aromatic heterocycles. The number of aromatic nitrogens is 6. The zero-order valence-corrected chi connectivity index (χ0v) is 23.3. The number of nitrogens with zero attached hydrogens (tertiary/aromatic N) is 8. The van der Waals surface area contributed by atoms with Crippen LogP contribution < -0.4 is 26.2 Å². The van der Waals surface area contributed by atoms with Gasteiger partial charge in [-0.2, -0.15) is 9.50 Å². The number of fused-ring (bicyclic) bond motifs is 4. The number of carbonyl (C=O) groups is 1. The van der Waals surface area contributed by atoms with Gasteiger partial charge in [0.05, 0.1) is 5.52 Å². The highest BCUT2D eigenvalue weighted by Crippen LogP contribution is 2.28. The van der Waals surface area contributed by atoms with Crippen molar-refractivity contribution in [3.05, 3.63) is 83.4 Å². The molecule has 0 radical (unpaired) electrons. The van der Waals surface area contributed by atoms with Crippen LogP contribution in [0.4, 0.5) is 17.3 Å². The van der Waals surface area contributed by atoms with Gasteiger partial charge in [-0.3, -0.25) is 9.59 Å². The number of nitrogens with two attached hydrogens (primary N) is 1. The van der Waals surface area contributed by atoms with Crippen molar-refractivity contribution in [3.63, 3.8) is 0 Å². The van der Waals surface area contributed by atoms with Crippen molar-refractivity contribution in [2.75, 3.05) is 50.1 Å². The molecule has 0 bridgehead atoms. The van der Waals surface area contributed by atoms with Crippen LogP contribution in [0.1, 0.15) is 0 Å². The Labute approximate surface area is 245 Å². The van der Waals surface area contributed by atoms with Crippen molar-refractivity contribution in [2.24, 2.45) is 5.73 Å². The number of ether oxygens (including phenoxy) is 1. The first kappa shape index (κ1) is 26.3. The molecular formula is C30H28N10O3. The Kier molecular flexibility index (Phi) is 6.55. The SMILES string of the molecule is CN1CCN(c2ccc(Nc3ncc4c(=O)n5c(nc4n3)c3cc(OCC(N)=O)ccc3n5-c3ccccn3)cc2)CC1. The molecule has 1 aliphatic heterocycles. The molecule has 43 heavy (non-hydrogen) atoms. The molecule has 7 rings (SSSR count). The van der Waals surface area contributed by atoms with E-state index < -0.39 is 5.91 Å². The van der Waals surface area contributed by atoms with E-state index in [1.54, 1.807) is 41.2 Å². The van der Waals surface area contributed by atoms with Gasteiger partial charge in [0.1, 0.15) is 11.1 Å². The lowest BCUT2D eigenvalue weighted by molar-refractivity contribution is -0.119. The first-order valence-corrected chi connectivity index (χ1v) is 13.8. The third-order valence-corrected chi connectivity index (χ3v) is 7.48. The van der Waals surface area contributed by atoms with Gasteiger partial charge in [-0.15, -0.1) is 0 Å². The molecule has 13 heteroatoms. The minimum absolute atomic E-state index is 0.236. The van der Waals surface area contributed by atoms with Crippen LogP contribution in [0.15, 0.2) is 77.9 Å². The maximum atomic E-state index is 13.9. The van der Waals surface area contributed by atoms with Crippen molar-refractivity contribution in [1.29, 1.82) is 0 Å². The highest BCUT2D eigenvalue weighted by molar-refractivity contribution is 5.96. The van der Waals surface area contributed by atoms with Crippen LogP contribution >= 0.6 is 0 Å². The molecule has 0 saturated carbocycles. The number of anilines is 3. The molecule has 2 aromatic carbocycles. The molecule has 0 aliphatic carbocycles. The Morgan fingerprint density at radius 3 is 2.53 bits per heavy atom. The first-order valence-electron chi connectivity index (χ1n) is 13.8. The smallest absolute Gasteiger partial charge is 0.284 e. The van der Waals surface area contributed by atoms with E-state index >= 15 is 0 Å². The van der Waals surface area contributed by atoms with Crippen LogP contribution in [0.2, 0.25) is 0 Å². The summed E-state index contributed by atoms with van der Waals surface area (Å²) < 4.78 is 8.67. The summed E-state index contributed by atoms with van der Waals surface area (Å²) in [4.78, 5) is 48.2. The van der Waals surface area contributed by atoms with Gasteiger partial charge >= 0.3 is 0 Å². The van der Waals surface area contributed by atoms with Gasteiger partial charge < -0.3 is 25.6 Å². The van der Waals surface area contributed by atoms with E-state index in [2.05, 4.69) is 49.2 Å². The zero-order valence-electron chi connectivity index (χ0n) is 23.3. The van der Waals surface area contributed by atoms with E-state index in [9.17, 15) is 9.59 Å². The molecule has 5 heterocycles. The molecule has 6 aromatic rings. The highest BCUT2D eigenvalue weighted by atomic mass is 16.5. The summed E-state index contributed by atoms with van der Waals surface area (Å²) in [6.45, 7) is 3.77. The summed E-state index contributed by atoms with van der Waals surface area (Å²) in [5.74, 6) is 0.652. The van der Waals surface area contributed by atoms with E-state index in [0.717, 1.165) is 31.9 Å². The molecule has 1 saturated heterocycles. The van der Waals surface area contributed by atoms with E-state index in [1.165, 1.54) is 16.4 Å². The third kappa shape index (κ3) is 4.95. The first-order chi connectivity index (χ1) is 20.9. The molecule has 216 valence electrons. The van der Waals surface area contributed by atoms with Gasteiger partial charge in [-0.1, -0.05) is 6.07 Å². The van der Waals surface area contributed by atoms with E-state index in [1.807, 2.05) is 18.2 Å². The van der Waals surface area contributed by atoms with Crippen LogP contribution in [0.3, 0.4) is 0 Å². The lowest BCUT2D eigenvalue weighted by Crippen LogP contribution is -2.44. The van der Waals surface area contributed by atoms with Crippen LogP contribution in [-0.2, 0) is 4.79 Å². The molecule has 3 N–H and O–H groups in total. The lowest BCUT2D eigenvalue weighted by Gasteiger charge is -2.34. The second-order valence-electron chi connectivity index (χ2n) is 10.4. The van der Waals surface area contributed by atoms with Gasteiger partial charge in [0.2, 0.25) is 5.95 Å². The fraction of sp³-hybridized carbons (Fsp3) is 0.200.